The summed E-state index contributed by atoms with van der Waals surface area (Å²) in [6.07, 6.45) is 19.9. The van der Waals surface area contributed by atoms with Crippen molar-refractivity contribution in [3.05, 3.63) is 53.1 Å². The van der Waals surface area contributed by atoms with Crippen molar-refractivity contribution < 1.29 is 19.5 Å². The Hall–Kier alpha value is -2.63. The monoisotopic (exact) mass is 456 g/mol. The first kappa shape index (κ1) is 26.6. The molecule has 1 N–H and O–H groups in total. The number of nitrogens with zero attached hydrogens (tertiary/aromatic N) is 2. The van der Waals surface area contributed by atoms with Gasteiger partial charge in [0.15, 0.2) is 0 Å². The highest BCUT2D eigenvalue weighted by Crippen LogP contribution is 2.25. The van der Waals surface area contributed by atoms with E-state index in [0.29, 0.717) is 6.42 Å². The quantitative estimate of drug-likeness (QED) is 0.269. The van der Waals surface area contributed by atoms with E-state index in [0.717, 1.165) is 49.7 Å². The number of unbranched alkanes of at least 4 members (excludes halogenated alkanes) is 10. The molecule has 0 aliphatic carbocycles. The summed E-state index contributed by atoms with van der Waals surface area (Å²) >= 11 is 0. The van der Waals surface area contributed by atoms with Crippen LogP contribution >= 0.6 is 0 Å². The smallest absolute Gasteiger partial charge is 0.364 e. The van der Waals surface area contributed by atoms with Gasteiger partial charge in [-0.3, -0.25) is 0 Å². The van der Waals surface area contributed by atoms with Crippen molar-refractivity contribution in [2.24, 2.45) is 0 Å². The predicted octanol–water partition coefficient (Wildman–Crippen LogP) is 6.66. The molecule has 2 aromatic rings. The normalized spacial score (nSPS) is 11.0. The molecule has 1 aromatic carbocycles. The molecule has 1 heterocycles. The van der Waals surface area contributed by atoms with Crippen LogP contribution in [0, 0.1) is 0 Å². The second-order valence-corrected chi connectivity index (χ2v) is 8.77. The number of aromatic carboxylic acids is 1. The van der Waals surface area contributed by atoms with Gasteiger partial charge in [0.2, 0.25) is 0 Å². The summed E-state index contributed by atoms with van der Waals surface area (Å²) in [5, 5.41) is 9.79. The average Bonchev–Trinajstić information content (AvgIpc) is 3.31. The minimum Gasteiger partial charge on any atom is -0.478 e. The Kier molecular flexibility index (Phi) is 12.3. The number of aryl methyl sites for hydroxylation is 1. The van der Waals surface area contributed by atoms with Crippen LogP contribution in [0.4, 0.5) is 0 Å². The maximum Gasteiger partial charge on any atom is 0.364 e. The van der Waals surface area contributed by atoms with Crippen LogP contribution in [-0.4, -0.2) is 26.8 Å². The van der Waals surface area contributed by atoms with E-state index in [9.17, 15) is 14.7 Å². The number of carboxylic acid groups (broad SMARTS) is 1. The number of carbonyl (C=O) groups is 2. The third-order valence-corrected chi connectivity index (χ3v) is 6.09. The van der Waals surface area contributed by atoms with Crippen LogP contribution in [0.1, 0.15) is 123 Å². The van der Waals surface area contributed by atoms with Gasteiger partial charge in [-0.15, -0.1) is 0 Å². The van der Waals surface area contributed by atoms with Gasteiger partial charge in [-0.2, -0.15) is 4.73 Å². The molecular formula is C27H40N2O4. The molecule has 182 valence electrons. The zero-order valence-corrected chi connectivity index (χ0v) is 20.4. The summed E-state index contributed by atoms with van der Waals surface area (Å²) in [6.45, 7) is 4.41. The van der Waals surface area contributed by atoms with Gasteiger partial charge in [-0.05, 0) is 42.9 Å². The maximum atomic E-state index is 13.1. The number of hydrogen-bond donors (Lipinski definition) is 1. The molecular weight excluding hydrogens is 416 g/mol. The highest BCUT2D eigenvalue weighted by molar-refractivity contribution is 6.04. The number of carbonyl (C=O) groups excluding carboxylic acids is 1. The fourth-order valence-corrected chi connectivity index (χ4v) is 4.24. The maximum absolute atomic E-state index is 13.1. The van der Waals surface area contributed by atoms with Crippen LogP contribution < -0.4 is 4.84 Å². The number of aromatic nitrogens is 2. The van der Waals surface area contributed by atoms with E-state index in [-0.39, 0.29) is 11.1 Å². The van der Waals surface area contributed by atoms with Gasteiger partial charge in [0, 0.05) is 6.20 Å². The van der Waals surface area contributed by atoms with Crippen molar-refractivity contribution >= 4 is 11.9 Å². The number of rotatable bonds is 17. The lowest BCUT2D eigenvalue weighted by Gasteiger charge is -2.17. The molecule has 0 saturated heterocycles. The Balaban J connectivity index is 2.22. The van der Waals surface area contributed by atoms with Crippen LogP contribution in [0.3, 0.4) is 0 Å². The number of imidazole rings is 1. The van der Waals surface area contributed by atoms with Crippen LogP contribution in [0.2, 0.25) is 0 Å². The molecule has 0 spiro atoms. The van der Waals surface area contributed by atoms with Gasteiger partial charge >= 0.3 is 11.9 Å². The second-order valence-electron chi connectivity index (χ2n) is 8.77. The van der Waals surface area contributed by atoms with Crippen molar-refractivity contribution in [1.29, 1.82) is 0 Å². The molecule has 6 heteroatoms. The topological polar surface area (TPSA) is 81.4 Å². The highest BCUT2D eigenvalue weighted by atomic mass is 16.7. The van der Waals surface area contributed by atoms with E-state index in [1.165, 1.54) is 68.4 Å². The SMILES string of the molecule is CCCCCCCCc1ccc(C(=O)O)c(C(=O)On2ccnc2)c1CCCCCCCC. The Labute approximate surface area is 198 Å². The van der Waals surface area contributed by atoms with Crippen molar-refractivity contribution in [2.75, 3.05) is 0 Å². The van der Waals surface area contributed by atoms with Crippen molar-refractivity contribution in [3.8, 4) is 0 Å². The zero-order chi connectivity index (χ0) is 23.9. The van der Waals surface area contributed by atoms with Gasteiger partial charge in [-0.1, -0.05) is 84.1 Å². The summed E-state index contributed by atoms with van der Waals surface area (Å²) in [5.41, 5.74) is 2.10. The highest BCUT2D eigenvalue weighted by Gasteiger charge is 2.25. The molecule has 6 nitrogen and oxygen atoms in total. The molecule has 2 rings (SSSR count). The first-order valence-corrected chi connectivity index (χ1v) is 12.7. The van der Waals surface area contributed by atoms with Crippen molar-refractivity contribution in [1.82, 2.24) is 9.71 Å². The molecule has 0 bridgehead atoms. The van der Waals surface area contributed by atoms with Gasteiger partial charge in [0.25, 0.3) is 0 Å². The van der Waals surface area contributed by atoms with Gasteiger partial charge < -0.3 is 9.94 Å². The first-order valence-electron chi connectivity index (χ1n) is 12.7. The summed E-state index contributed by atoms with van der Waals surface area (Å²) in [5.74, 6) is -1.75. The van der Waals surface area contributed by atoms with Gasteiger partial charge in [-0.25, -0.2) is 14.6 Å². The van der Waals surface area contributed by atoms with Crippen molar-refractivity contribution in [3.63, 3.8) is 0 Å². The molecule has 0 fully saturated rings. The Morgan fingerprint density at radius 1 is 0.879 bits per heavy atom. The van der Waals surface area contributed by atoms with Crippen LogP contribution in [-0.2, 0) is 12.8 Å². The molecule has 0 saturated carbocycles. The van der Waals surface area contributed by atoms with Gasteiger partial charge in [0.05, 0.1) is 17.3 Å². The molecule has 33 heavy (non-hydrogen) atoms. The van der Waals surface area contributed by atoms with Crippen LogP contribution in [0.5, 0.6) is 0 Å². The fourth-order valence-electron chi connectivity index (χ4n) is 4.24. The summed E-state index contributed by atoms with van der Waals surface area (Å²) in [6, 6.07) is 3.46. The minimum atomic E-state index is -1.11. The fraction of sp³-hybridized carbons (Fsp3) is 0.593. The van der Waals surface area contributed by atoms with Crippen LogP contribution in [0.25, 0.3) is 0 Å². The lowest BCUT2D eigenvalue weighted by atomic mass is 9.89. The van der Waals surface area contributed by atoms with E-state index in [1.807, 2.05) is 6.07 Å². The zero-order valence-electron chi connectivity index (χ0n) is 20.4. The molecule has 0 amide bonds. The average molecular weight is 457 g/mol. The predicted molar refractivity (Wildman–Crippen MR) is 131 cm³/mol. The van der Waals surface area contributed by atoms with E-state index in [1.54, 1.807) is 6.07 Å². The van der Waals surface area contributed by atoms with E-state index in [2.05, 4.69) is 18.8 Å². The molecule has 1 aromatic heterocycles. The van der Waals surface area contributed by atoms with E-state index < -0.39 is 11.9 Å². The Bertz CT molecular complexity index is 846. The summed E-state index contributed by atoms with van der Waals surface area (Å²) in [7, 11) is 0. The number of carboxylic acids is 1. The lowest BCUT2D eigenvalue weighted by Crippen LogP contribution is -2.23. The molecule has 0 atom stereocenters. The number of benzene rings is 1. The van der Waals surface area contributed by atoms with Crippen molar-refractivity contribution in [2.45, 2.75) is 104 Å². The minimum absolute atomic E-state index is 0.00722. The van der Waals surface area contributed by atoms with E-state index in [4.69, 9.17) is 4.84 Å². The first-order chi connectivity index (χ1) is 16.1. The number of hydrogen-bond acceptors (Lipinski definition) is 4. The Morgan fingerprint density at radius 3 is 2.06 bits per heavy atom. The lowest BCUT2D eigenvalue weighted by molar-refractivity contribution is 0.0450. The molecule has 0 aliphatic rings. The summed E-state index contributed by atoms with van der Waals surface area (Å²) < 4.78 is 1.21. The molecule has 0 aliphatic heterocycles. The second kappa shape index (κ2) is 15.3. The van der Waals surface area contributed by atoms with Gasteiger partial charge in [0.1, 0.15) is 6.33 Å². The summed E-state index contributed by atoms with van der Waals surface area (Å²) in [4.78, 5) is 34.4. The third kappa shape index (κ3) is 9.03. The van der Waals surface area contributed by atoms with Crippen LogP contribution in [0.15, 0.2) is 30.9 Å². The third-order valence-electron chi connectivity index (χ3n) is 6.09. The Morgan fingerprint density at radius 2 is 1.48 bits per heavy atom. The van der Waals surface area contributed by atoms with E-state index >= 15 is 0 Å². The molecule has 0 unspecified atom stereocenters. The standard InChI is InChI=1S/C27H40N2O4/c1-3-5-7-9-11-13-15-22-17-18-24(26(30)31)25(27(32)33-29-20-19-28-21-29)23(22)16-14-12-10-8-6-4-2/h17-21H,3-16H2,1-2H3,(H,30,31). The molecule has 0 radical (unpaired) electrons. The largest absolute Gasteiger partial charge is 0.478 e.